The van der Waals surface area contributed by atoms with Crippen molar-refractivity contribution in [3.05, 3.63) is 22.7 Å². The Morgan fingerprint density at radius 3 is 2.38 bits per heavy atom. The summed E-state index contributed by atoms with van der Waals surface area (Å²) in [6.07, 6.45) is 4.37. The fraction of sp³-hybridized carbons (Fsp3) is 0.647. The predicted octanol–water partition coefficient (Wildman–Crippen LogP) is 5.09. The molecule has 4 heteroatoms. The van der Waals surface area contributed by atoms with Gasteiger partial charge in [-0.25, -0.2) is 0 Å². The van der Waals surface area contributed by atoms with E-state index >= 15 is 0 Å². The third-order valence-electron chi connectivity index (χ3n) is 5.95. The zero-order valence-electron chi connectivity index (χ0n) is 12.3. The van der Waals surface area contributed by atoms with E-state index in [0.29, 0.717) is 15.6 Å². The third-order valence-corrected chi connectivity index (χ3v) is 7.41. The van der Waals surface area contributed by atoms with Gasteiger partial charge in [-0.05, 0) is 54.9 Å². The Kier molecular flexibility index (Phi) is 3.42. The summed E-state index contributed by atoms with van der Waals surface area (Å²) in [5, 5.41) is 0.579. The molecule has 0 amide bonds. The standard InChI is InChI=1S/C17H20BrClO2/c1-20-11-6-5-10(17(21-2)16(11)19)15(18)14-12-8-3-4-9(7-8)13(12)14/h5-6,8-9,12-15H,3-4,7H2,1-2H3. The van der Waals surface area contributed by atoms with Crippen LogP contribution in [0, 0.1) is 29.6 Å². The number of benzene rings is 1. The van der Waals surface area contributed by atoms with Gasteiger partial charge in [0, 0.05) is 10.4 Å². The van der Waals surface area contributed by atoms with Crippen LogP contribution < -0.4 is 9.47 Å². The molecule has 5 atom stereocenters. The number of halogens is 2. The van der Waals surface area contributed by atoms with E-state index < -0.39 is 0 Å². The smallest absolute Gasteiger partial charge is 0.145 e. The Hall–Kier alpha value is -0.410. The van der Waals surface area contributed by atoms with Crippen molar-refractivity contribution in [1.29, 1.82) is 0 Å². The van der Waals surface area contributed by atoms with Crippen LogP contribution in [0.25, 0.3) is 0 Å². The first-order valence-electron chi connectivity index (χ1n) is 7.71. The molecular weight excluding hydrogens is 352 g/mol. The number of fused-ring (bicyclic) bond motifs is 5. The predicted molar refractivity (Wildman–Crippen MR) is 87.5 cm³/mol. The Morgan fingerprint density at radius 2 is 1.81 bits per heavy atom. The van der Waals surface area contributed by atoms with Gasteiger partial charge < -0.3 is 9.47 Å². The van der Waals surface area contributed by atoms with Gasteiger partial charge in [-0.1, -0.05) is 33.6 Å². The van der Waals surface area contributed by atoms with Crippen molar-refractivity contribution in [3.8, 4) is 11.5 Å². The molecule has 2 nitrogen and oxygen atoms in total. The SMILES string of the molecule is COc1ccc(C(Br)C2C3C4CCC(C4)C32)c(OC)c1Cl. The maximum atomic E-state index is 6.40. The monoisotopic (exact) mass is 370 g/mol. The van der Waals surface area contributed by atoms with E-state index in [9.17, 15) is 0 Å². The Balaban J connectivity index is 1.64. The molecule has 0 aliphatic heterocycles. The van der Waals surface area contributed by atoms with Gasteiger partial charge in [0.05, 0.1) is 14.2 Å². The highest BCUT2D eigenvalue weighted by molar-refractivity contribution is 9.09. The van der Waals surface area contributed by atoms with Gasteiger partial charge in [0.25, 0.3) is 0 Å². The summed E-state index contributed by atoms with van der Waals surface area (Å²) in [7, 11) is 3.32. The maximum absolute atomic E-state index is 6.40. The topological polar surface area (TPSA) is 18.5 Å². The third kappa shape index (κ3) is 1.96. The van der Waals surface area contributed by atoms with Crippen molar-refractivity contribution in [2.75, 3.05) is 14.2 Å². The van der Waals surface area contributed by atoms with E-state index in [0.717, 1.165) is 35.3 Å². The Morgan fingerprint density at radius 1 is 1.14 bits per heavy atom. The van der Waals surface area contributed by atoms with Crippen molar-refractivity contribution in [2.45, 2.75) is 24.1 Å². The molecule has 0 radical (unpaired) electrons. The van der Waals surface area contributed by atoms with Gasteiger partial charge in [-0.15, -0.1) is 0 Å². The number of ether oxygens (including phenoxy) is 2. The normalized spacial score (nSPS) is 37.2. The van der Waals surface area contributed by atoms with Crippen molar-refractivity contribution in [1.82, 2.24) is 0 Å². The van der Waals surface area contributed by atoms with E-state index in [4.69, 9.17) is 21.1 Å². The molecular formula is C17H20BrClO2. The molecule has 0 saturated heterocycles. The lowest BCUT2D eigenvalue weighted by atomic mass is 9.96. The first-order valence-corrected chi connectivity index (χ1v) is 9.01. The lowest BCUT2D eigenvalue weighted by molar-refractivity contribution is 0.387. The van der Waals surface area contributed by atoms with Crippen molar-refractivity contribution >= 4 is 27.5 Å². The number of hydrogen-bond donors (Lipinski definition) is 0. The zero-order valence-corrected chi connectivity index (χ0v) is 14.7. The second kappa shape index (κ2) is 5.06. The largest absolute Gasteiger partial charge is 0.495 e. The number of methoxy groups -OCH3 is 2. The van der Waals surface area contributed by atoms with Gasteiger partial charge in [0.2, 0.25) is 0 Å². The van der Waals surface area contributed by atoms with Gasteiger partial charge in [0.15, 0.2) is 0 Å². The molecule has 3 aliphatic rings. The number of rotatable bonds is 4. The van der Waals surface area contributed by atoms with Crippen LogP contribution in [0.15, 0.2) is 12.1 Å². The second-order valence-corrected chi connectivity index (χ2v) is 8.04. The summed E-state index contributed by atoms with van der Waals surface area (Å²) >= 11 is 10.3. The van der Waals surface area contributed by atoms with E-state index in [2.05, 4.69) is 22.0 Å². The molecule has 5 unspecified atom stereocenters. The van der Waals surface area contributed by atoms with Crippen molar-refractivity contribution in [3.63, 3.8) is 0 Å². The van der Waals surface area contributed by atoms with E-state index in [-0.39, 0.29) is 0 Å². The van der Waals surface area contributed by atoms with E-state index in [1.807, 2.05) is 6.07 Å². The lowest BCUT2D eigenvalue weighted by Gasteiger charge is -2.19. The molecule has 2 bridgehead atoms. The molecule has 21 heavy (non-hydrogen) atoms. The van der Waals surface area contributed by atoms with Crippen LogP contribution in [0.2, 0.25) is 5.02 Å². The number of alkyl halides is 1. The molecule has 0 heterocycles. The van der Waals surface area contributed by atoms with E-state index in [1.165, 1.54) is 24.8 Å². The zero-order chi connectivity index (χ0) is 14.7. The Labute approximate surface area is 139 Å². The molecule has 1 aromatic carbocycles. The summed E-state index contributed by atoms with van der Waals surface area (Å²) in [5.41, 5.74) is 1.17. The minimum atomic E-state index is 0.342. The van der Waals surface area contributed by atoms with Crippen molar-refractivity contribution < 1.29 is 9.47 Å². The van der Waals surface area contributed by atoms with Crippen LogP contribution in [-0.4, -0.2) is 14.2 Å². The molecule has 3 fully saturated rings. The van der Waals surface area contributed by atoms with Gasteiger partial charge in [-0.2, -0.15) is 0 Å². The highest BCUT2D eigenvalue weighted by atomic mass is 79.9. The fourth-order valence-electron chi connectivity index (χ4n) is 5.13. The molecule has 3 aliphatic carbocycles. The molecule has 114 valence electrons. The van der Waals surface area contributed by atoms with Gasteiger partial charge in [0.1, 0.15) is 16.5 Å². The summed E-state index contributed by atoms with van der Waals surface area (Å²) in [6.45, 7) is 0. The molecule has 0 aromatic heterocycles. The van der Waals surface area contributed by atoms with Crippen LogP contribution in [-0.2, 0) is 0 Å². The van der Waals surface area contributed by atoms with E-state index in [1.54, 1.807) is 14.2 Å². The Bertz CT molecular complexity index is 560. The molecule has 4 rings (SSSR count). The van der Waals surface area contributed by atoms with Gasteiger partial charge >= 0.3 is 0 Å². The fourth-order valence-corrected chi connectivity index (χ4v) is 6.52. The number of hydrogen-bond acceptors (Lipinski definition) is 2. The quantitative estimate of drug-likeness (QED) is 0.687. The first-order chi connectivity index (χ1) is 10.2. The molecule has 3 saturated carbocycles. The molecule has 1 aromatic rings. The molecule has 0 spiro atoms. The highest BCUT2D eigenvalue weighted by Crippen LogP contribution is 2.73. The average Bonchev–Trinajstić information content (AvgIpc) is 2.93. The van der Waals surface area contributed by atoms with Crippen molar-refractivity contribution in [2.24, 2.45) is 29.6 Å². The lowest BCUT2D eigenvalue weighted by Crippen LogP contribution is -2.06. The highest BCUT2D eigenvalue weighted by Gasteiger charge is 2.66. The van der Waals surface area contributed by atoms with Crippen LogP contribution in [0.4, 0.5) is 0 Å². The maximum Gasteiger partial charge on any atom is 0.145 e. The molecule has 0 N–H and O–H groups in total. The van der Waals surface area contributed by atoms with Gasteiger partial charge in [-0.3, -0.25) is 0 Å². The summed E-state index contributed by atoms with van der Waals surface area (Å²) in [6, 6.07) is 4.04. The minimum Gasteiger partial charge on any atom is -0.495 e. The summed E-state index contributed by atoms with van der Waals surface area (Å²) < 4.78 is 10.9. The second-order valence-electron chi connectivity index (χ2n) is 6.67. The summed E-state index contributed by atoms with van der Waals surface area (Å²) in [5.74, 6) is 6.00. The average molecular weight is 372 g/mol. The van der Waals surface area contributed by atoms with Crippen LogP contribution >= 0.6 is 27.5 Å². The summed E-state index contributed by atoms with van der Waals surface area (Å²) in [4.78, 5) is 0.342. The van der Waals surface area contributed by atoms with Crippen LogP contribution in [0.3, 0.4) is 0 Å². The first kappa shape index (κ1) is 14.2. The minimum absolute atomic E-state index is 0.342. The van der Waals surface area contributed by atoms with Crippen LogP contribution in [0.1, 0.15) is 29.7 Å². The van der Waals surface area contributed by atoms with Crippen LogP contribution in [0.5, 0.6) is 11.5 Å².